The van der Waals surface area contributed by atoms with E-state index in [1.165, 1.54) is 0 Å². The molecule has 0 aromatic rings. The number of aliphatic hydroxyl groups is 1. The summed E-state index contributed by atoms with van der Waals surface area (Å²) in [5, 5.41) is 8.92. The Morgan fingerprint density at radius 2 is 2.18 bits per heavy atom. The lowest BCUT2D eigenvalue weighted by Crippen LogP contribution is -2.44. The molecule has 0 bridgehead atoms. The summed E-state index contributed by atoms with van der Waals surface area (Å²) >= 11 is 0. The van der Waals surface area contributed by atoms with Gasteiger partial charge in [-0.05, 0) is 12.8 Å². The zero-order valence-corrected chi connectivity index (χ0v) is 7.33. The van der Waals surface area contributed by atoms with E-state index in [1.54, 1.807) is 6.92 Å². The standard InChI is InChI=1S/C8H16O3/c1-4-11-8(5-9,6-10)7(2)3/h5,7,10H,4,6H2,1-3H3. The van der Waals surface area contributed by atoms with Crippen molar-refractivity contribution in [3.8, 4) is 0 Å². The molecule has 3 heteroatoms. The second-order valence-electron chi connectivity index (χ2n) is 2.82. The molecule has 1 N–H and O–H groups in total. The van der Waals surface area contributed by atoms with Crippen LogP contribution < -0.4 is 0 Å². The monoisotopic (exact) mass is 160 g/mol. The second kappa shape index (κ2) is 4.46. The van der Waals surface area contributed by atoms with Crippen molar-refractivity contribution in [2.75, 3.05) is 13.2 Å². The molecule has 0 aliphatic carbocycles. The SMILES string of the molecule is CCOC(C=O)(CO)C(C)C. The van der Waals surface area contributed by atoms with Crippen LogP contribution in [0.3, 0.4) is 0 Å². The first-order chi connectivity index (χ1) is 5.13. The van der Waals surface area contributed by atoms with Crippen molar-refractivity contribution in [2.45, 2.75) is 26.4 Å². The molecular formula is C8H16O3. The van der Waals surface area contributed by atoms with E-state index >= 15 is 0 Å². The van der Waals surface area contributed by atoms with Crippen LogP contribution in [0.1, 0.15) is 20.8 Å². The largest absolute Gasteiger partial charge is 0.393 e. The van der Waals surface area contributed by atoms with Crippen LogP contribution in [0.2, 0.25) is 0 Å². The summed E-state index contributed by atoms with van der Waals surface area (Å²) in [6.45, 7) is 5.69. The molecule has 1 unspecified atom stereocenters. The minimum absolute atomic E-state index is 0.00458. The number of hydrogen-bond donors (Lipinski definition) is 1. The van der Waals surface area contributed by atoms with Gasteiger partial charge < -0.3 is 14.6 Å². The zero-order valence-electron chi connectivity index (χ0n) is 7.33. The second-order valence-corrected chi connectivity index (χ2v) is 2.82. The van der Waals surface area contributed by atoms with E-state index < -0.39 is 5.60 Å². The molecule has 0 saturated heterocycles. The molecule has 66 valence electrons. The molecule has 3 nitrogen and oxygen atoms in total. The molecule has 0 aromatic heterocycles. The first-order valence-corrected chi connectivity index (χ1v) is 3.84. The number of ether oxygens (including phenoxy) is 1. The van der Waals surface area contributed by atoms with Gasteiger partial charge in [-0.25, -0.2) is 0 Å². The number of hydrogen-bond acceptors (Lipinski definition) is 3. The highest BCUT2D eigenvalue weighted by atomic mass is 16.5. The van der Waals surface area contributed by atoms with E-state index in [-0.39, 0.29) is 12.5 Å². The molecule has 0 rings (SSSR count). The highest BCUT2D eigenvalue weighted by Gasteiger charge is 2.33. The molecule has 0 radical (unpaired) electrons. The number of rotatable bonds is 5. The smallest absolute Gasteiger partial charge is 0.154 e. The van der Waals surface area contributed by atoms with E-state index in [0.29, 0.717) is 12.9 Å². The van der Waals surface area contributed by atoms with Gasteiger partial charge in [-0.3, -0.25) is 0 Å². The summed E-state index contributed by atoms with van der Waals surface area (Å²) in [6.07, 6.45) is 0.682. The molecular weight excluding hydrogens is 144 g/mol. The topological polar surface area (TPSA) is 46.5 Å². The van der Waals surface area contributed by atoms with Crippen LogP contribution in [0.5, 0.6) is 0 Å². The Kier molecular flexibility index (Phi) is 4.30. The molecule has 0 aromatic carbocycles. The summed E-state index contributed by atoms with van der Waals surface area (Å²) < 4.78 is 5.17. The lowest BCUT2D eigenvalue weighted by Gasteiger charge is -2.29. The van der Waals surface area contributed by atoms with Crippen LogP contribution in [-0.4, -0.2) is 30.2 Å². The van der Waals surface area contributed by atoms with Crippen molar-refractivity contribution in [1.82, 2.24) is 0 Å². The minimum atomic E-state index is -0.991. The van der Waals surface area contributed by atoms with Crippen molar-refractivity contribution in [3.63, 3.8) is 0 Å². The van der Waals surface area contributed by atoms with Crippen molar-refractivity contribution in [2.24, 2.45) is 5.92 Å². The third-order valence-electron chi connectivity index (χ3n) is 1.84. The van der Waals surface area contributed by atoms with Gasteiger partial charge in [0.25, 0.3) is 0 Å². The summed E-state index contributed by atoms with van der Waals surface area (Å²) in [5.41, 5.74) is -0.991. The van der Waals surface area contributed by atoms with Crippen molar-refractivity contribution in [1.29, 1.82) is 0 Å². The Morgan fingerprint density at radius 1 is 1.64 bits per heavy atom. The molecule has 11 heavy (non-hydrogen) atoms. The Bertz CT molecular complexity index is 123. The van der Waals surface area contributed by atoms with Gasteiger partial charge >= 0.3 is 0 Å². The Hall–Kier alpha value is -0.410. The average Bonchev–Trinajstić information content (AvgIpc) is 2.00. The molecule has 0 fully saturated rings. The fourth-order valence-corrected chi connectivity index (χ4v) is 0.871. The Morgan fingerprint density at radius 3 is 2.27 bits per heavy atom. The summed E-state index contributed by atoms with van der Waals surface area (Å²) in [7, 11) is 0. The van der Waals surface area contributed by atoms with Gasteiger partial charge in [0.15, 0.2) is 6.29 Å². The number of carbonyl (C=O) groups is 1. The predicted octanol–water partition coefficient (Wildman–Crippen LogP) is 0.609. The molecule has 0 aliphatic heterocycles. The highest BCUT2D eigenvalue weighted by molar-refractivity contribution is 5.63. The summed E-state index contributed by atoms with van der Waals surface area (Å²) in [5.74, 6) is 0.00458. The van der Waals surface area contributed by atoms with E-state index in [1.807, 2.05) is 13.8 Å². The van der Waals surface area contributed by atoms with Crippen LogP contribution in [0.25, 0.3) is 0 Å². The Labute approximate surface area is 67.4 Å². The predicted molar refractivity (Wildman–Crippen MR) is 42.3 cm³/mol. The molecule has 1 atom stereocenters. The Balaban J connectivity index is 4.32. The third kappa shape index (κ3) is 2.27. The molecule has 0 spiro atoms. The summed E-state index contributed by atoms with van der Waals surface area (Å²) in [4.78, 5) is 10.6. The lowest BCUT2D eigenvalue weighted by atomic mass is 9.92. The van der Waals surface area contributed by atoms with Crippen LogP contribution in [0.15, 0.2) is 0 Å². The van der Waals surface area contributed by atoms with Gasteiger partial charge in [-0.15, -0.1) is 0 Å². The van der Waals surface area contributed by atoms with Crippen molar-refractivity contribution in [3.05, 3.63) is 0 Å². The van der Waals surface area contributed by atoms with Crippen LogP contribution >= 0.6 is 0 Å². The van der Waals surface area contributed by atoms with E-state index in [0.717, 1.165) is 0 Å². The average molecular weight is 160 g/mol. The van der Waals surface area contributed by atoms with Crippen molar-refractivity contribution >= 4 is 6.29 Å². The van der Waals surface area contributed by atoms with Crippen molar-refractivity contribution < 1.29 is 14.6 Å². The third-order valence-corrected chi connectivity index (χ3v) is 1.84. The maximum absolute atomic E-state index is 10.6. The molecule has 0 heterocycles. The summed E-state index contributed by atoms with van der Waals surface area (Å²) in [6, 6.07) is 0. The van der Waals surface area contributed by atoms with E-state index in [4.69, 9.17) is 9.84 Å². The first-order valence-electron chi connectivity index (χ1n) is 3.84. The van der Waals surface area contributed by atoms with Gasteiger partial charge in [0.2, 0.25) is 0 Å². The van der Waals surface area contributed by atoms with E-state index in [9.17, 15) is 4.79 Å². The van der Waals surface area contributed by atoms with Gasteiger partial charge in [0, 0.05) is 6.61 Å². The van der Waals surface area contributed by atoms with Gasteiger partial charge in [-0.1, -0.05) is 13.8 Å². The number of aliphatic hydroxyl groups excluding tert-OH is 1. The van der Waals surface area contributed by atoms with Gasteiger partial charge in [-0.2, -0.15) is 0 Å². The molecule has 0 saturated carbocycles. The maximum Gasteiger partial charge on any atom is 0.154 e. The zero-order chi connectivity index (χ0) is 8.91. The lowest BCUT2D eigenvalue weighted by molar-refractivity contribution is -0.144. The highest BCUT2D eigenvalue weighted by Crippen LogP contribution is 2.18. The molecule has 0 aliphatic rings. The van der Waals surface area contributed by atoms with E-state index in [2.05, 4.69) is 0 Å². The quantitative estimate of drug-likeness (QED) is 0.599. The fraction of sp³-hybridized carbons (Fsp3) is 0.875. The van der Waals surface area contributed by atoms with Crippen LogP contribution in [0.4, 0.5) is 0 Å². The fourth-order valence-electron chi connectivity index (χ4n) is 0.871. The van der Waals surface area contributed by atoms with Gasteiger partial charge in [0.1, 0.15) is 5.60 Å². The minimum Gasteiger partial charge on any atom is -0.393 e. The maximum atomic E-state index is 10.6. The van der Waals surface area contributed by atoms with Crippen LogP contribution in [-0.2, 0) is 9.53 Å². The van der Waals surface area contributed by atoms with Crippen LogP contribution in [0, 0.1) is 5.92 Å². The number of carbonyl (C=O) groups excluding carboxylic acids is 1. The normalized spacial score (nSPS) is 16.5. The first kappa shape index (κ1) is 10.6. The molecule has 0 amide bonds. The number of aldehydes is 1. The van der Waals surface area contributed by atoms with Gasteiger partial charge in [0.05, 0.1) is 6.61 Å².